The highest BCUT2D eigenvalue weighted by Gasteiger charge is 2.13. The van der Waals surface area contributed by atoms with Gasteiger partial charge in [-0.15, -0.1) is 0 Å². The SMILES string of the molecule is Cc1ccc(COc2ccc(Cl)cc2/C=C(\C#N)C(=O)Nc2ccc(OCc3ccccc3Cl)cc2)cc1C. The van der Waals surface area contributed by atoms with Crippen molar-refractivity contribution in [3.8, 4) is 17.6 Å². The zero-order valence-electron chi connectivity index (χ0n) is 21.5. The molecule has 0 bridgehead atoms. The van der Waals surface area contributed by atoms with Crippen molar-refractivity contribution in [3.63, 3.8) is 0 Å². The Labute approximate surface area is 238 Å². The second kappa shape index (κ2) is 13.0. The maximum Gasteiger partial charge on any atom is 0.266 e. The maximum absolute atomic E-state index is 12.9. The Morgan fingerprint density at radius 3 is 2.38 bits per heavy atom. The molecule has 0 aromatic heterocycles. The third kappa shape index (κ3) is 7.64. The third-order valence-electron chi connectivity index (χ3n) is 6.07. The highest BCUT2D eigenvalue weighted by Crippen LogP contribution is 2.27. The number of halogens is 2. The molecule has 7 heteroatoms. The normalized spacial score (nSPS) is 11.0. The van der Waals surface area contributed by atoms with Crippen molar-refractivity contribution < 1.29 is 14.3 Å². The van der Waals surface area contributed by atoms with E-state index in [9.17, 15) is 10.1 Å². The van der Waals surface area contributed by atoms with Gasteiger partial charge in [-0.25, -0.2) is 0 Å². The summed E-state index contributed by atoms with van der Waals surface area (Å²) in [4.78, 5) is 12.9. The number of ether oxygens (including phenoxy) is 2. The van der Waals surface area contributed by atoms with Crippen molar-refractivity contribution in [2.75, 3.05) is 5.32 Å². The van der Waals surface area contributed by atoms with Gasteiger partial charge in [0, 0.05) is 26.9 Å². The van der Waals surface area contributed by atoms with Gasteiger partial charge in [0.25, 0.3) is 5.91 Å². The van der Waals surface area contributed by atoms with E-state index in [4.69, 9.17) is 32.7 Å². The Bertz CT molecular complexity index is 1560. The second-order valence-electron chi connectivity index (χ2n) is 8.92. The van der Waals surface area contributed by atoms with Crippen LogP contribution in [0.4, 0.5) is 5.69 Å². The van der Waals surface area contributed by atoms with Crippen LogP contribution in [-0.4, -0.2) is 5.91 Å². The van der Waals surface area contributed by atoms with E-state index in [0.717, 1.165) is 11.1 Å². The van der Waals surface area contributed by atoms with Gasteiger partial charge in [0.05, 0.1) is 0 Å². The van der Waals surface area contributed by atoms with Gasteiger partial charge in [0.2, 0.25) is 0 Å². The van der Waals surface area contributed by atoms with Crippen LogP contribution in [0.5, 0.6) is 11.5 Å². The molecule has 0 heterocycles. The molecule has 1 N–H and O–H groups in total. The molecule has 0 atom stereocenters. The van der Waals surface area contributed by atoms with Crippen molar-refractivity contribution in [2.45, 2.75) is 27.1 Å². The Balaban J connectivity index is 1.43. The molecule has 0 aliphatic heterocycles. The van der Waals surface area contributed by atoms with Crippen molar-refractivity contribution >= 4 is 40.9 Å². The quantitative estimate of drug-likeness (QED) is 0.166. The summed E-state index contributed by atoms with van der Waals surface area (Å²) in [7, 11) is 0. The number of hydrogen-bond donors (Lipinski definition) is 1. The lowest BCUT2D eigenvalue weighted by molar-refractivity contribution is -0.112. The van der Waals surface area contributed by atoms with E-state index < -0.39 is 5.91 Å². The van der Waals surface area contributed by atoms with Crippen LogP contribution in [0.2, 0.25) is 10.0 Å². The van der Waals surface area contributed by atoms with Gasteiger partial charge >= 0.3 is 0 Å². The molecule has 0 radical (unpaired) electrons. The maximum atomic E-state index is 12.9. The Hall–Kier alpha value is -4.24. The van der Waals surface area contributed by atoms with Crippen LogP contribution in [0, 0.1) is 25.2 Å². The first kappa shape index (κ1) is 27.8. The molecule has 4 aromatic carbocycles. The summed E-state index contributed by atoms with van der Waals surface area (Å²) in [5, 5.41) is 13.6. The van der Waals surface area contributed by atoms with Crippen molar-refractivity contribution in [1.29, 1.82) is 5.26 Å². The second-order valence-corrected chi connectivity index (χ2v) is 9.76. The molecule has 0 unspecified atom stereocenters. The first-order valence-electron chi connectivity index (χ1n) is 12.2. The molecule has 0 saturated carbocycles. The zero-order chi connectivity index (χ0) is 27.8. The standard InChI is InChI=1S/C32H26Cl2N2O3/c1-21-7-8-23(15-22(21)2)19-39-31-14-9-27(33)17-25(31)16-26(18-35)32(37)36-28-10-12-29(13-11-28)38-20-24-5-3-4-6-30(24)34/h3-17H,19-20H2,1-2H3,(H,36,37)/b26-16+. The van der Waals surface area contributed by atoms with E-state index in [0.29, 0.717) is 46.0 Å². The number of benzene rings is 4. The highest BCUT2D eigenvalue weighted by molar-refractivity contribution is 6.31. The monoisotopic (exact) mass is 556 g/mol. The van der Waals surface area contributed by atoms with Gasteiger partial charge in [0.15, 0.2) is 0 Å². The summed E-state index contributed by atoms with van der Waals surface area (Å²) in [5.41, 5.74) is 5.23. The van der Waals surface area contributed by atoms with Crippen LogP contribution >= 0.6 is 23.2 Å². The molecular formula is C32H26Cl2N2O3. The number of nitrogens with zero attached hydrogens (tertiary/aromatic N) is 1. The molecule has 0 fully saturated rings. The van der Waals surface area contributed by atoms with E-state index in [1.807, 2.05) is 42.5 Å². The van der Waals surface area contributed by atoms with Crippen molar-refractivity contribution in [3.05, 3.63) is 128 Å². The van der Waals surface area contributed by atoms with Gasteiger partial charge < -0.3 is 14.8 Å². The van der Waals surface area contributed by atoms with E-state index >= 15 is 0 Å². The van der Waals surface area contributed by atoms with Gasteiger partial charge in [-0.3, -0.25) is 4.79 Å². The molecule has 1 amide bonds. The van der Waals surface area contributed by atoms with Gasteiger partial charge in [-0.2, -0.15) is 5.26 Å². The number of amides is 1. The summed E-state index contributed by atoms with van der Waals surface area (Å²) < 4.78 is 11.8. The van der Waals surface area contributed by atoms with E-state index in [2.05, 4.69) is 25.2 Å². The van der Waals surface area contributed by atoms with Gasteiger partial charge in [-0.1, -0.05) is 59.6 Å². The van der Waals surface area contributed by atoms with Gasteiger partial charge in [-0.05, 0) is 85.1 Å². The molecule has 4 aromatic rings. The number of carbonyl (C=O) groups excluding carboxylic acids is 1. The average Bonchev–Trinajstić information content (AvgIpc) is 2.93. The molecule has 0 saturated heterocycles. The fraction of sp³-hybridized carbons (Fsp3) is 0.125. The van der Waals surface area contributed by atoms with E-state index in [1.165, 1.54) is 17.2 Å². The Kier molecular flexibility index (Phi) is 9.27. The number of hydrogen-bond acceptors (Lipinski definition) is 4. The number of carbonyl (C=O) groups is 1. The summed E-state index contributed by atoms with van der Waals surface area (Å²) in [5.74, 6) is 0.578. The number of nitrogens with one attached hydrogen (secondary N) is 1. The molecule has 5 nitrogen and oxygen atoms in total. The number of anilines is 1. The van der Waals surface area contributed by atoms with Crippen molar-refractivity contribution in [1.82, 2.24) is 0 Å². The van der Waals surface area contributed by atoms with Crippen LogP contribution in [0.15, 0.2) is 90.5 Å². The minimum atomic E-state index is -0.553. The highest BCUT2D eigenvalue weighted by atomic mass is 35.5. The molecule has 4 rings (SSSR count). The molecule has 0 aliphatic rings. The third-order valence-corrected chi connectivity index (χ3v) is 6.67. The van der Waals surface area contributed by atoms with Crippen LogP contribution in [-0.2, 0) is 18.0 Å². The Morgan fingerprint density at radius 1 is 0.897 bits per heavy atom. The number of nitriles is 1. The lowest BCUT2D eigenvalue weighted by Gasteiger charge is -2.12. The minimum absolute atomic E-state index is 0.0904. The fourth-order valence-corrected chi connectivity index (χ4v) is 4.10. The van der Waals surface area contributed by atoms with Gasteiger partial charge in [0.1, 0.15) is 36.4 Å². The van der Waals surface area contributed by atoms with Crippen LogP contribution in [0.3, 0.4) is 0 Å². The largest absolute Gasteiger partial charge is 0.489 e. The summed E-state index contributed by atoms with van der Waals surface area (Å²) in [6.07, 6.45) is 1.47. The zero-order valence-corrected chi connectivity index (χ0v) is 23.0. The van der Waals surface area contributed by atoms with Crippen molar-refractivity contribution in [2.24, 2.45) is 0 Å². The smallest absolute Gasteiger partial charge is 0.266 e. The lowest BCUT2D eigenvalue weighted by atomic mass is 10.1. The Morgan fingerprint density at radius 2 is 1.67 bits per heavy atom. The van der Waals surface area contributed by atoms with Crippen LogP contribution in [0.1, 0.15) is 27.8 Å². The summed E-state index contributed by atoms with van der Waals surface area (Å²) in [6.45, 7) is 4.76. The molecular weight excluding hydrogens is 531 g/mol. The van der Waals surface area contributed by atoms with Crippen LogP contribution in [0.25, 0.3) is 6.08 Å². The molecule has 196 valence electrons. The predicted molar refractivity (Wildman–Crippen MR) is 156 cm³/mol. The van der Waals surface area contributed by atoms with Crippen LogP contribution < -0.4 is 14.8 Å². The number of aryl methyl sites for hydroxylation is 2. The first-order chi connectivity index (χ1) is 18.8. The molecule has 0 aliphatic carbocycles. The first-order valence-corrected chi connectivity index (χ1v) is 13.0. The summed E-state index contributed by atoms with van der Waals surface area (Å²) in [6, 6.07) is 27.5. The fourth-order valence-electron chi connectivity index (χ4n) is 3.73. The van der Waals surface area contributed by atoms with E-state index in [-0.39, 0.29) is 5.57 Å². The molecule has 39 heavy (non-hydrogen) atoms. The minimum Gasteiger partial charge on any atom is -0.489 e. The lowest BCUT2D eigenvalue weighted by Crippen LogP contribution is -2.13. The predicted octanol–water partition coefficient (Wildman–Crippen LogP) is 8.31. The summed E-state index contributed by atoms with van der Waals surface area (Å²) >= 11 is 12.4. The average molecular weight is 557 g/mol. The number of rotatable bonds is 9. The van der Waals surface area contributed by atoms with E-state index in [1.54, 1.807) is 42.5 Å². The topological polar surface area (TPSA) is 71.3 Å². The molecule has 0 spiro atoms.